The standard InChI is InChI=1S/C9H15N3O3.ClH/c1-14-9(13)7(8(10)11)12-15-6-4-2-3-5-6;/h6H,2-5H2,1H3,(H3,10,11);1H. The van der Waals surface area contributed by atoms with Crippen LogP contribution >= 0.6 is 12.4 Å². The van der Waals surface area contributed by atoms with Crippen molar-refractivity contribution in [3.8, 4) is 0 Å². The maximum atomic E-state index is 11.1. The van der Waals surface area contributed by atoms with Crippen LogP contribution in [0.1, 0.15) is 25.7 Å². The highest BCUT2D eigenvalue weighted by molar-refractivity contribution is 6.64. The summed E-state index contributed by atoms with van der Waals surface area (Å²) in [6, 6.07) is 0. The molecule has 7 heteroatoms. The van der Waals surface area contributed by atoms with Crippen molar-refractivity contribution in [2.75, 3.05) is 7.11 Å². The van der Waals surface area contributed by atoms with Crippen LogP contribution in [0.2, 0.25) is 0 Å². The molecule has 1 fully saturated rings. The molecule has 6 nitrogen and oxygen atoms in total. The van der Waals surface area contributed by atoms with E-state index in [9.17, 15) is 4.79 Å². The third kappa shape index (κ3) is 4.06. The first-order valence-corrected chi connectivity index (χ1v) is 4.81. The van der Waals surface area contributed by atoms with Crippen molar-refractivity contribution in [3.63, 3.8) is 0 Å². The Morgan fingerprint density at radius 1 is 1.44 bits per heavy atom. The van der Waals surface area contributed by atoms with Gasteiger partial charge in [0.05, 0.1) is 7.11 Å². The molecule has 0 atom stereocenters. The van der Waals surface area contributed by atoms with E-state index in [0.29, 0.717) is 0 Å². The van der Waals surface area contributed by atoms with Gasteiger partial charge in [-0.2, -0.15) is 0 Å². The lowest BCUT2D eigenvalue weighted by atomic mass is 10.3. The summed E-state index contributed by atoms with van der Waals surface area (Å²) in [7, 11) is 1.20. The predicted octanol–water partition coefficient (Wildman–Crippen LogP) is 0.832. The molecule has 0 aliphatic heterocycles. The van der Waals surface area contributed by atoms with E-state index < -0.39 is 11.8 Å². The summed E-state index contributed by atoms with van der Waals surface area (Å²) in [6.07, 6.45) is 4.09. The zero-order valence-corrected chi connectivity index (χ0v) is 9.88. The number of nitrogens with one attached hydrogen (secondary N) is 1. The van der Waals surface area contributed by atoms with Gasteiger partial charge in [0, 0.05) is 0 Å². The molecule has 1 aliphatic carbocycles. The minimum atomic E-state index is -0.750. The number of methoxy groups -OCH3 is 1. The molecule has 92 valence electrons. The van der Waals surface area contributed by atoms with Crippen LogP contribution in [0, 0.1) is 5.41 Å². The van der Waals surface area contributed by atoms with E-state index in [2.05, 4.69) is 9.89 Å². The Labute approximate surface area is 100 Å². The molecule has 1 saturated carbocycles. The topological polar surface area (TPSA) is 97.8 Å². The number of amidine groups is 1. The molecule has 0 aromatic carbocycles. The van der Waals surface area contributed by atoms with E-state index in [1.54, 1.807) is 0 Å². The van der Waals surface area contributed by atoms with Gasteiger partial charge in [-0.05, 0) is 25.7 Å². The number of oxime groups is 1. The van der Waals surface area contributed by atoms with Gasteiger partial charge >= 0.3 is 5.97 Å². The van der Waals surface area contributed by atoms with E-state index in [-0.39, 0.29) is 24.2 Å². The second kappa shape index (κ2) is 7.05. The highest BCUT2D eigenvalue weighted by Gasteiger charge is 2.20. The van der Waals surface area contributed by atoms with Crippen LogP contribution in [0.15, 0.2) is 5.16 Å². The van der Waals surface area contributed by atoms with Crippen molar-refractivity contribution >= 4 is 29.9 Å². The van der Waals surface area contributed by atoms with Gasteiger partial charge in [0.1, 0.15) is 6.10 Å². The number of nitrogens with two attached hydrogens (primary N) is 1. The molecule has 1 aliphatic rings. The second-order valence-electron chi connectivity index (χ2n) is 3.36. The van der Waals surface area contributed by atoms with Crippen molar-refractivity contribution in [2.45, 2.75) is 31.8 Å². The summed E-state index contributed by atoms with van der Waals surface area (Å²) in [4.78, 5) is 16.2. The lowest BCUT2D eigenvalue weighted by Gasteiger charge is -2.07. The first-order chi connectivity index (χ1) is 7.15. The maximum Gasteiger partial charge on any atom is 0.363 e. The van der Waals surface area contributed by atoms with Crippen LogP contribution in [0.5, 0.6) is 0 Å². The van der Waals surface area contributed by atoms with Crippen molar-refractivity contribution in [3.05, 3.63) is 0 Å². The third-order valence-corrected chi connectivity index (χ3v) is 2.23. The zero-order chi connectivity index (χ0) is 11.3. The lowest BCUT2D eigenvalue weighted by molar-refractivity contribution is -0.132. The van der Waals surface area contributed by atoms with Gasteiger partial charge in [-0.15, -0.1) is 12.4 Å². The minimum absolute atomic E-state index is 0. The molecule has 16 heavy (non-hydrogen) atoms. The molecule has 0 heterocycles. The van der Waals surface area contributed by atoms with Crippen LogP contribution in [0.25, 0.3) is 0 Å². The fourth-order valence-corrected chi connectivity index (χ4v) is 1.41. The lowest BCUT2D eigenvalue weighted by Crippen LogP contribution is -2.31. The molecule has 0 amide bonds. The Morgan fingerprint density at radius 2 is 2.00 bits per heavy atom. The van der Waals surface area contributed by atoms with Crippen molar-refractivity contribution < 1.29 is 14.4 Å². The number of hydrogen-bond donors (Lipinski definition) is 2. The van der Waals surface area contributed by atoms with Crippen LogP contribution in [-0.4, -0.2) is 30.7 Å². The molecule has 0 unspecified atom stereocenters. The summed E-state index contributed by atoms with van der Waals surface area (Å²) in [5.41, 5.74) is 4.90. The van der Waals surface area contributed by atoms with E-state index in [0.717, 1.165) is 25.7 Å². The molecule has 0 spiro atoms. The van der Waals surface area contributed by atoms with Gasteiger partial charge in [-0.25, -0.2) is 4.79 Å². The first-order valence-electron chi connectivity index (χ1n) is 4.81. The normalized spacial score (nSPS) is 16.4. The largest absolute Gasteiger partial charge is 0.464 e. The van der Waals surface area contributed by atoms with Gasteiger partial charge in [0.25, 0.3) is 0 Å². The highest BCUT2D eigenvalue weighted by Crippen LogP contribution is 2.20. The number of carbonyl (C=O) groups is 1. The number of nitrogens with zero attached hydrogens (tertiary/aromatic N) is 1. The van der Waals surface area contributed by atoms with Gasteiger partial charge in [-0.3, -0.25) is 5.41 Å². The van der Waals surface area contributed by atoms with Crippen LogP contribution in [0.3, 0.4) is 0 Å². The summed E-state index contributed by atoms with van der Waals surface area (Å²) < 4.78 is 4.42. The second-order valence-corrected chi connectivity index (χ2v) is 3.36. The van der Waals surface area contributed by atoms with Crippen molar-refractivity contribution in [1.82, 2.24) is 0 Å². The highest BCUT2D eigenvalue weighted by atomic mass is 35.5. The van der Waals surface area contributed by atoms with E-state index in [1.165, 1.54) is 7.11 Å². The van der Waals surface area contributed by atoms with Crippen molar-refractivity contribution in [2.24, 2.45) is 10.9 Å². The van der Waals surface area contributed by atoms with E-state index >= 15 is 0 Å². The van der Waals surface area contributed by atoms with Gasteiger partial charge in [0.15, 0.2) is 5.84 Å². The molecule has 0 bridgehead atoms. The number of halogens is 1. The number of hydrogen-bond acceptors (Lipinski definition) is 5. The van der Waals surface area contributed by atoms with Crippen molar-refractivity contribution in [1.29, 1.82) is 5.41 Å². The van der Waals surface area contributed by atoms with E-state index in [4.69, 9.17) is 16.0 Å². The Balaban J connectivity index is 0.00000225. The average molecular weight is 250 g/mol. The SMILES string of the molecule is COC(=O)C(=NOC1CCCC1)C(=N)N.Cl. The monoisotopic (exact) mass is 249 g/mol. The fraction of sp³-hybridized carbons (Fsp3) is 0.667. The fourth-order valence-electron chi connectivity index (χ4n) is 1.41. The van der Waals surface area contributed by atoms with E-state index in [1.807, 2.05) is 0 Å². The summed E-state index contributed by atoms with van der Waals surface area (Å²) in [6.45, 7) is 0. The molecule has 0 radical (unpaired) electrons. The molecular weight excluding hydrogens is 234 g/mol. The molecular formula is C9H16ClN3O3. The van der Waals surface area contributed by atoms with Gasteiger partial charge in [-0.1, -0.05) is 5.16 Å². The molecule has 3 N–H and O–H groups in total. The number of rotatable bonds is 4. The summed E-state index contributed by atoms with van der Waals surface area (Å²) in [5, 5.41) is 10.7. The van der Waals surface area contributed by atoms with Crippen LogP contribution in [-0.2, 0) is 14.4 Å². The summed E-state index contributed by atoms with van der Waals surface area (Å²) >= 11 is 0. The maximum absolute atomic E-state index is 11.1. The Morgan fingerprint density at radius 3 is 2.44 bits per heavy atom. The number of esters is 1. The molecule has 0 aromatic rings. The number of ether oxygens (including phenoxy) is 1. The summed E-state index contributed by atoms with van der Waals surface area (Å²) in [5.74, 6) is -1.19. The minimum Gasteiger partial charge on any atom is -0.464 e. The zero-order valence-electron chi connectivity index (χ0n) is 9.06. The van der Waals surface area contributed by atoms with Crippen LogP contribution < -0.4 is 5.73 Å². The third-order valence-electron chi connectivity index (χ3n) is 2.23. The predicted molar refractivity (Wildman–Crippen MR) is 62.0 cm³/mol. The van der Waals surface area contributed by atoms with Gasteiger partial charge in [0.2, 0.25) is 5.71 Å². The first kappa shape index (κ1) is 14.7. The van der Waals surface area contributed by atoms with Gasteiger partial charge < -0.3 is 15.3 Å². The molecule has 0 saturated heterocycles. The smallest absolute Gasteiger partial charge is 0.363 e. The molecule has 0 aromatic heterocycles. The Bertz CT molecular complexity index is 288. The number of carbonyl (C=O) groups excluding carboxylic acids is 1. The average Bonchev–Trinajstić information content (AvgIpc) is 2.70. The quantitative estimate of drug-likeness (QED) is 0.334. The Hall–Kier alpha value is -1.30. The van der Waals surface area contributed by atoms with Crippen LogP contribution in [0.4, 0.5) is 0 Å². The molecule has 1 rings (SSSR count). The Kier molecular flexibility index (Phi) is 6.48.